The first-order chi connectivity index (χ1) is 5.36. The van der Waals surface area contributed by atoms with E-state index in [1.54, 1.807) is 0 Å². The van der Waals surface area contributed by atoms with E-state index < -0.39 is 0 Å². The van der Waals surface area contributed by atoms with Crippen molar-refractivity contribution in [2.75, 3.05) is 6.61 Å². The van der Waals surface area contributed by atoms with Crippen molar-refractivity contribution in [3.8, 4) is 5.75 Å². The molecule has 1 aliphatic heterocycles. The lowest BCUT2D eigenvalue weighted by Gasteiger charge is -2.14. The van der Waals surface area contributed by atoms with Gasteiger partial charge in [-0.05, 0) is 12.1 Å². The van der Waals surface area contributed by atoms with Gasteiger partial charge in [0.25, 0.3) is 0 Å². The fraction of sp³-hybridized carbons (Fsp3) is 0.111. The molecule has 0 unspecified atom stereocenters. The summed E-state index contributed by atoms with van der Waals surface area (Å²) in [6.07, 6.45) is 1.94. The first-order valence-electron chi connectivity index (χ1n) is 3.54. The Hall–Kier alpha value is -1.44. The van der Waals surface area contributed by atoms with Crippen molar-refractivity contribution < 1.29 is 6.16 Å². The molecule has 1 aromatic rings. The van der Waals surface area contributed by atoms with Crippen LogP contribution < -0.4 is 10.5 Å². The van der Waals surface area contributed by atoms with Crippen molar-refractivity contribution in [2.24, 2.45) is 5.73 Å². The Balaban J connectivity index is 0.000000720. The van der Waals surface area contributed by atoms with E-state index in [1.165, 1.54) is 0 Å². The van der Waals surface area contributed by atoms with Gasteiger partial charge in [-0.2, -0.15) is 0 Å². The van der Waals surface area contributed by atoms with Crippen LogP contribution in [0.2, 0.25) is 0 Å². The summed E-state index contributed by atoms with van der Waals surface area (Å²) in [7, 11) is 0. The maximum Gasteiger partial charge on any atom is 1.00 e. The van der Waals surface area contributed by atoms with E-state index in [4.69, 9.17) is 10.5 Å². The molecule has 0 saturated heterocycles. The molecule has 0 aromatic heterocycles. The fourth-order valence-corrected chi connectivity index (χ4v) is 1.13. The molecule has 2 heteroatoms. The second-order valence-corrected chi connectivity index (χ2v) is 2.55. The van der Waals surface area contributed by atoms with Gasteiger partial charge in [-0.25, -0.2) is 0 Å². The van der Waals surface area contributed by atoms with Gasteiger partial charge in [0.05, 0.1) is 0 Å². The van der Waals surface area contributed by atoms with E-state index >= 15 is 0 Å². The molecule has 0 atom stereocenters. The fourth-order valence-electron chi connectivity index (χ4n) is 1.13. The summed E-state index contributed by atoms with van der Waals surface area (Å²) in [6, 6.07) is 7.85. The third-order valence-corrected chi connectivity index (χ3v) is 1.65. The lowest BCUT2D eigenvalue weighted by atomic mass is 10.1. The van der Waals surface area contributed by atoms with Crippen LogP contribution in [0, 0.1) is 0 Å². The highest BCUT2D eigenvalue weighted by atomic mass is 16.5. The Bertz CT molecular complexity index is 309. The van der Waals surface area contributed by atoms with Gasteiger partial charge in [-0.15, -0.1) is 0 Å². The maximum absolute atomic E-state index is 5.59. The van der Waals surface area contributed by atoms with Crippen LogP contribution in [-0.2, 0) is 0 Å². The van der Waals surface area contributed by atoms with Crippen molar-refractivity contribution in [3.05, 3.63) is 35.5 Å². The minimum absolute atomic E-state index is 0. The van der Waals surface area contributed by atoms with Gasteiger partial charge in [-0.3, -0.25) is 0 Å². The van der Waals surface area contributed by atoms with Crippen molar-refractivity contribution >= 4 is 6.08 Å². The zero-order valence-corrected chi connectivity index (χ0v) is 6.08. The van der Waals surface area contributed by atoms with Gasteiger partial charge < -0.3 is 10.5 Å². The standard InChI is InChI=1S/C9H9NO/c10-8-5-7-3-1-2-4-9(7)11-6-8/h1-5H,6,10H2/p+1. The molecule has 0 amide bonds. The Morgan fingerprint density at radius 1 is 1.36 bits per heavy atom. The van der Waals surface area contributed by atoms with Crippen LogP contribution in [0.1, 0.15) is 6.99 Å². The average molecular weight is 148 g/mol. The highest BCUT2D eigenvalue weighted by molar-refractivity contribution is 5.61. The van der Waals surface area contributed by atoms with Crippen LogP contribution in [0.25, 0.3) is 6.08 Å². The Kier molecular flexibility index (Phi) is 1.32. The highest BCUT2D eigenvalue weighted by Gasteiger charge is 2.06. The Labute approximate surface area is 66.8 Å². The average Bonchev–Trinajstić information content (AvgIpc) is 2.04. The predicted molar refractivity (Wildman–Crippen MR) is 45.2 cm³/mol. The van der Waals surface area contributed by atoms with E-state index in [0.717, 1.165) is 17.0 Å². The van der Waals surface area contributed by atoms with Crippen LogP contribution in [0.3, 0.4) is 0 Å². The summed E-state index contributed by atoms with van der Waals surface area (Å²) >= 11 is 0. The van der Waals surface area contributed by atoms with E-state index in [1.807, 2.05) is 30.3 Å². The topological polar surface area (TPSA) is 35.2 Å². The van der Waals surface area contributed by atoms with Gasteiger partial charge in [0, 0.05) is 11.3 Å². The van der Waals surface area contributed by atoms with Gasteiger partial charge >= 0.3 is 1.43 Å². The molecule has 0 spiro atoms. The van der Waals surface area contributed by atoms with Gasteiger partial charge in [-0.1, -0.05) is 18.2 Å². The summed E-state index contributed by atoms with van der Waals surface area (Å²) in [4.78, 5) is 0. The predicted octanol–water partition coefficient (Wildman–Crippen LogP) is 1.49. The third-order valence-electron chi connectivity index (χ3n) is 1.65. The molecule has 0 bridgehead atoms. The molecule has 0 radical (unpaired) electrons. The molecule has 11 heavy (non-hydrogen) atoms. The van der Waals surface area contributed by atoms with Crippen molar-refractivity contribution in [2.45, 2.75) is 0 Å². The first kappa shape index (κ1) is 6.28. The largest absolute Gasteiger partial charge is 1.00 e. The summed E-state index contributed by atoms with van der Waals surface area (Å²) in [5.74, 6) is 0.918. The number of para-hydroxylation sites is 1. The second-order valence-electron chi connectivity index (χ2n) is 2.55. The van der Waals surface area contributed by atoms with Crippen LogP contribution in [0.15, 0.2) is 30.0 Å². The monoisotopic (exact) mass is 148 g/mol. The minimum atomic E-state index is 0. The lowest BCUT2D eigenvalue weighted by Crippen LogP contribution is -2.12. The van der Waals surface area contributed by atoms with E-state index in [0.29, 0.717) is 6.61 Å². The molecule has 2 nitrogen and oxygen atoms in total. The normalized spacial score (nSPS) is 14.7. The van der Waals surface area contributed by atoms with Crippen LogP contribution >= 0.6 is 0 Å². The smallest absolute Gasteiger partial charge is 0.487 e. The minimum Gasteiger partial charge on any atom is -0.487 e. The molecule has 2 N–H and O–H groups in total. The number of nitrogens with two attached hydrogens (primary N) is 1. The summed E-state index contributed by atoms with van der Waals surface area (Å²) in [6.45, 7) is 0.511. The molecule has 1 aromatic carbocycles. The van der Waals surface area contributed by atoms with Crippen LogP contribution in [0.4, 0.5) is 0 Å². The number of benzene rings is 1. The number of fused-ring (bicyclic) bond motifs is 1. The third kappa shape index (κ3) is 1.07. The second kappa shape index (κ2) is 2.31. The zero-order valence-electron chi connectivity index (χ0n) is 7.08. The molecule has 56 valence electrons. The highest BCUT2D eigenvalue weighted by Crippen LogP contribution is 2.23. The summed E-state index contributed by atoms with van der Waals surface area (Å²) in [5, 5.41) is 0. The van der Waals surface area contributed by atoms with Crippen LogP contribution in [-0.4, -0.2) is 6.61 Å². The number of hydrogen-bond acceptors (Lipinski definition) is 2. The molecule has 0 aliphatic carbocycles. The zero-order chi connectivity index (χ0) is 7.68. The number of hydrogen-bond donors (Lipinski definition) is 1. The summed E-state index contributed by atoms with van der Waals surface area (Å²) in [5.41, 5.74) is 7.43. The Morgan fingerprint density at radius 3 is 3.09 bits per heavy atom. The van der Waals surface area contributed by atoms with Crippen molar-refractivity contribution in [1.29, 1.82) is 0 Å². The number of ether oxygens (including phenoxy) is 1. The SMILES string of the molecule is NC1=Cc2ccccc2OC1.[H+]. The van der Waals surface area contributed by atoms with Gasteiger partial charge in [0.15, 0.2) is 0 Å². The lowest BCUT2D eigenvalue weighted by molar-refractivity contribution is 0.346. The maximum atomic E-state index is 5.59. The Morgan fingerprint density at radius 2 is 2.18 bits per heavy atom. The van der Waals surface area contributed by atoms with Gasteiger partial charge in [0.2, 0.25) is 0 Å². The molecule has 1 aliphatic rings. The van der Waals surface area contributed by atoms with Gasteiger partial charge in [0.1, 0.15) is 12.4 Å². The first-order valence-corrected chi connectivity index (χ1v) is 3.54. The molecular weight excluding hydrogens is 138 g/mol. The van der Waals surface area contributed by atoms with E-state index in [-0.39, 0.29) is 1.43 Å². The van der Waals surface area contributed by atoms with E-state index in [9.17, 15) is 0 Å². The molecular formula is C9H10NO+. The molecule has 0 fully saturated rings. The summed E-state index contributed by atoms with van der Waals surface area (Å²) < 4.78 is 5.34. The van der Waals surface area contributed by atoms with E-state index in [2.05, 4.69) is 0 Å². The molecule has 1 heterocycles. The van der Waals surface area contributed by atoms with Crippen molar-refractivity contribution in [1.82, 2.24) is 0 Å². The quantitative estimate of drug-likeness (QED) is 0.605. The number of rotatable bonds is 0. The molecule has 0 saturated carbocycles. The molecule has 2 rings (SSSR count). The van der Waals surface area contributed by atoms with Crippen molar-refractivity contribution in [3.63, 3.8) is 0 Å². The van der Waals surface area contributed by atoms with Crippen LogP contribution in [0.5, 0.6) is 5.75 Å².